The van der Waals surface area contributed by atoms with E-state index in [9.17, 15) is 18.7 Å². The van der Waals surface area contributed by atoms with Gasteiger partial charge in [0.25, 0.3) is 5.91 Å². The zero-order valence-electron chi connectivity index (χ0n) is 10.7. The van der Waals surface area contributed by atoms with Crippen molar-refractivity contribution < 1.29 is 18.7 Å². The lowest BCUT2D eigenvalue weighted by Gasteiger charge is -2.30. The number of carbonyl (C=O) groups is 1. The van der Waals surface area contributed by atoms with E-state index in [1.807, 2.05) is 6.92 Å². The molecule has 0 aliphatic heterocycles. The SMILES string of the molecule is CC1(CO)CCCC1NC(=O)c1ccc(F)cc1F. The fourth-order valence-electron chi connectivity index (χ4n) is 2.58. The number of rotatable bonds is 3. The summed E-state index contributed by atoms with van der Waals surface area (Å²) in [6, 6.07) is 2.69. The minimum Gasteiger partial charge on any atom is -0.396 e. The Kier molecular flexibility index (Phi) is 3.85. The predicted octanol–water partition coefficient (Wildman–Crippen LogP) is 2.25. The van der Waals surface area contributed by atoms with E-state index in [1.54, 1.807) is 0 Å². The standard InChI is InChI=1S/C14H17F2NO2/c1-14(8-18)6-2-3-12(14)17-13(19)10-5-4-9(15)7-11(10)16/h4-5,7,12,18H,2-3,6,8H2,1H3,(H,17,19). The van der Waals surface area contributed by atoms with Crippen molar-refractivity contribution >= 4 is 5.91 Å². The first-order chi connectivity index (χ1) is 8.96. The number of carbonyl (C=O) groups excluding carboxylic acids is 1. The van der Waals surface area contributed by atoms with E-state index >= 15 is 0 Å². The van der Waals surface area contributed by atoms with Gasteiger partial charge in [0.2, 0.25) is 0 Å². The molecule has 2 N–H and O–H groups in total. The van der Waals surface area contributed by atoms with E-state index in [1.165, 1.54) is 0 Å². The number of aliphatic hydroxyl groups excluding tert-OH is 1. The molecule has 0 saturated heterocycles. The average molecular weight is 269 g/mol. The highest BCUT2D eigenvalue weighted by Gasteiger charge is 2.39. The fourth-order valence-corrected chi connectivity index (χ4v) is 2.58. The highest BCUT2D eigenvalue weighted by atomic mass is 19.1. The first-order valence-electron chi connectivity index (χ1n) is 6.33. The van der Waals surface area contributed by atoms with Gasteiger partial charge in [-0.1, -0.05) is 13.3 Å². The maximum Gasteiger partial charge on any atom is 0.254 e. The fraction of sp³-hybridized carbons (Fsp3) is 0.500. The topological polar surface area (TPSA) is 49.3 Å². The maximum absolute atomic E-state index is 13.5. The Hall–Kier alpha value is -1.49. The van der Waals surface area contributed by atoms with Gasteiger partial charge in [0.15, 0.2) is 0 Å². The molecule has 3 nitrogen and oxygen atoms in total. The van der Waals surface area contributed by atoms with E-state index in [4.69, 9.17) is 0 Å². The van der Waals surface area contributed by atoms with Gasteiger partial charge in [-0.15, -0.1) is 0 Å². The molecule has 2 atom stereocenters. The molecule has 0 radical (unpaired) electrons. The van der Waals surface area contributed by atoms with Gasteiger partial charge in [0, 0.05) is 17.5 Å². The molecule has 1 aromatic carbocycles. The second-order valence-electron chi connectivity index (χ2n) is 5.35. The molecule has 5 heteroatoms. The van der Waals surface area contributed by atoms with Crippen LogP contribution in [-0.4, -0.2) is 23.7 Å². The number of aliphatic hydroxyl groups is 1. The quantitative estimate of drug-likeness (QED) is 0.884. The predicted molar refractivity (Wildman–Crippen MR) is 66.7 cm³/mol. The molecule has 1 saturated carbocycles. The van der Waals surface area contributed by atoms with E-state index in [0.29, 0.717) is 6.07 Å². The van der Waals surface area contributed by atoms with Crippen LogP contribution in [0.2, 0.25) is 0 Å². The van der Waals surface area contributed by atoms with Gasteiger partial charge < -0.3 is 10.4 Å². The van der Waals surface area contributed by atoms with Crippen molar-refractivity contribution in [2.75, 3.05) is 6.61 Å². The second kappa shape index (κ2) is 5.25. The zero-order valence-corrected chi connectivity index (χ0v) is 10.7. The molecular weight excluding hydrogens is 252 g/mol. The summed E-state index contributed by atoms with van der Waals surface area (Å²) in [5.41, 5.74) is -0.541. The Labute approximate surface area is 110 Å². The molecule has 0 bridgehead atoms. The molecule has 1 fully saturated rings. The van der Waals surface area contributed by atoms with Crippen LogP contribution >= 0.6 is 0 Å². The first kappa shape index (κ1) is 13.9. The number of hydrogen-bond acceptors (Lipinski definition) is 2. The van der Waals surface area contributed by atoms with Crippen molar-refractivity contribution in [3.8, 4) is 0 Å². The lowest BCUT2D eigenvalue weighted by molar-refractivity contribution is 0.0827. The van der Waals surface area contributed by atoms with Crippen LogP contribution in [0.1, 0.15) is 36.5 Å². The van der Waals surface area contributed by atoms with E-state index < -0.39 is 17.5 Å². The van der Waals surface area contributed by atoms with Crippen LogP contribution in [0.25, 0.3) is 0 Å². The number of nitrogens with one attached hydrogen (secondary N) is 1. The molecule has 104 valence electrons. The molecule has 2 rings (SSSR count). The summed E-state index contributed by atoms with van der Waals surface area (Å²) in [4.78, 5) is 12.0. The summed E-state index contributed by atoms with van der Waals surface area (Å²) in [6.45, 7) is 1.87. The van der Waals surface area contributed by atoms with Crippen molar-refractivity contribution in [2.45, 2.75) is 32.2 Å². The third-order valence-corrected chi connectivity index (χ3v) is 3.92. The third kappa shape index (κ3) is 2.76. The van der Waals surface area contributed by atoms with Crippen LogP contribution in [0.15, 0.2) is 18.2 Å². The summed E-state index contributed by atoms with van der Waals surface area (Å²) in [5, 5.41) is 12.1. The average Bonchev–Trinajstić information content (AvgIpc) is 2.71. The van der Waals surface area contributed by atoms with Crippen molar-refractivity contribution in [2.24, 2.45) is 5.41 Å². The van der Waals surface area contributed by atoms with Crippen LogP contribution in [0, 0.1) is 17.0 Å². The van der Waals surface area contributed by atoms with Crippen LogP contribution in [0.4, 0.5) is 8.78 Å². The second-order valence-corrected chi connectivity index (χ2v) is 5.35. The molecule has 2 unspecified atom stereocenters. The van der Waals surface area contributed by atoms with Gasteiger partial charge in [-0.05, 0) is 25.0 Å². The molecule has 1 aromatic rings. The molecule has 1 amide bonds. The highest BCUT2D eigenvalue weighted by molar-refractivity contribution is 5.94. The molecule has 19 heavy (non-hydrogen) atoms. The molecule has 1 aliphatic carbocycles. The summed E-state index contributed by atoms with van der Waals surface area (Å²) in [6.07, 6.45) is 2.49. The third-order valence-electron chi connectivity index (χ3n) is 3.92. The van der Waals surface area contributed by atoms with Crippen LogP contribution in [-0.2, 0) is 0 Å². The van der Waals surface area contributed by atoms with Crippen LogP contribution < -0.4 is 5.32 Å². The van der Waals surface area contributed by atoms with Crippen molar-refractivity contribution in [3.05, 3.63) is 35.4 Å². The van der Waals surface area contributed by atoms with E-state index in [0.717, 1.165) is 31.4 Å². The smallest absolute Gasteiger partial charge is 0.254 e. The minimum absolute atomic E-state index is 0.0240. The van der Waals surface area contributed by atoms with Gasteiger partial charge in [0.05, 0.1) is 12.2 Å². The molecule has 0 heterocycles. The molecule has 0 aromatic heterocycles. The van der Waals surface area contributed by atoms with Crippen molar-refractivity contribution in [3.63, 3.8) is 0 Å². The Morgan fingerprint density at radius 3 is 2.89 bits per heavy atom. The summed E-state index contributed by atoms with van der Waals surface area (Å²) >= 11 is 0. The van der Waals surface area contributed by atoms with E-state index in [-0.39, 0.29) is 23.6 Å². The Balaban J connectivity index is 2.13. The summed E-state index contributed by atoms with van der Waals surface area (Å²) in [5.74, 6) is -2.15. The van der Waals surface area contributed by atoms with Gasteiger partial charge in [-0.3, -0.25) is 4.79 Å². The number of benzene rings is 1. The lowest BCUT2D eigenvalue weighted by Crippen LogP contribution is -2.45. The largest absolute Gasteiger partial charge is 0.396 e. The molecule has 0 spiro atoms. The number of hydrogen-bond donors (Lipinski definition) is 2. The Bertz CT molecular complexity index is 492. The van der Waals surface area contributed by atoms with E-state index in [2.05, 4.69) is 5.32 Å². The normalized spacial score (nSPS) is 26.4. The lowest BCUT2D eigenvalue weighted by atomic mass is 9.85. The minimum atomic E-state index is -0.874. The summed E-state index contributed by atoms with van der Waals surface area (Å²) < 4.78 is 26.3. The van der Waals surface area contributed by atoms with Crippen molar-refractivity contribution in [1.29, 1.82) is 0 Å². The molecule has 1 aliphatic rings. The Morgan fingerprint density at radius 1 is 1.53 bits per heavy atom. The first-order valence-corrected chi connectivity index (χ1v) is 6.33. The van der Waals surface area contributed by atoms with Gasteiger partial charge in [-0.2, -0.15) is 0 Å². The maximum atomic E-state index is 13.5. The number of amides is 1. The van der Waals surface area contributed by atoms with Gasteiger partial charge >= 0.3 is 0 Å². The Morgan fingerprint density at radius 2 is 2.26 bits per heavy atom. The highest BCUT2D eigenvalue weighted by Crippen LogP contribution is 2.37. The monoisotopic (exact) mass is 269 g/mol. The van der Waals surface area contributed by atoms with Crippen LogP contribution in [0.3, 0.4) is 0 Å². The zero-order chi connectivity index (χ0) is 14.0. The summed E-state index contributed by atoms with van der Waals surface area (Å²) in [7, 11) is 0. The van der Waals surface area contributed by atoms with Gasteiger partial charge in [-0.25, -0.2) is 8.78 Å². The van der Waals surface area contributed by atoms with Crippen molar-refractivity contribution in [1.82, 2.24) is 5.32 Å². The van der Waals surface area contributed by atoms with Crippen LogP contribution in [0.5, 0.6) is 0 Å². The molecular formula is C14H17F2NO2. The van der Waals surface area contributed by atoms with Gasteiger partial charge in [0.1, 0.15) is 11.6 Å². The number of halogens is 2.